The van der Waals surface area contributed by atoms with Crippen LogP contribution in [-0.4, -0.2) is 72.7 Å². The number of carbonyl (C=O) groups is 5. The maximum atomic E-state index is 13.6. The van der Waals surface area contributed by atoms with Crippen LogP contribution in [0.15, 0.2) is 72.8 Å². The fourth-order valence-corrected chi connectivity index (χ4v) is 4.43. The molecule has 0 aliphatic rings. The highest BCUT2D eigenvalue weighted by molar-refractivity contribution is 6.15. The zero-order valence-corrected chi connectivity index (χ0v) is 28.6. The van der Waals surface area contributed by atoms with E-state index in [2.05, 4.69) is 31.1 Å². The minimum atomic E-state index is -1.48. The summed E-state index contributed by atoms with van der Waals surface area (Å²) in [5.74, 6) is -2.94. The summed E-state index contributed by atoms with van der Waals surface area (Å²) in [7, 11) is 1.60. The minimum Gasteiger partial charge on any atom is -0.478 e. The molecule has 0 saturated carbocycles. The lowest BCUT2D eigenvalue weighted by Crippen LogP contribution is -2.32. The van der Waals surface area contributed by atoms with Crippen molar-refractivity contribution >= 4 is 35.4 Å². The summed E-state index contributed by atoms with van der Waals surface area (Å²) in [6.07, 6.45) is 1.03. The quantitative estimate of drug-likeness (QED) is 0.0901. The molecule has 0 fully saturated rings. The Kier molecular flexibility index (Phi) is 13.6. The number of anilines is 1. The Morgan fingerprint density at radius 3 is 1.96 bits per heavy atom. The number of carboxylic acids is 1. The number of hydrogen-bond donors (Lipinski definition) is 3. The molecular formula is C37H43N3O9. The highest BCUT2D eigenvalue weighted by Gasteiger charge is 2.27. The van der Waals surface area contributed by atoms with Gasteiger partial charge in [-0.1, -0.05) is 32.6 Å². The Bertz CT molecular complexity index is 1680. The van der Waals surface area contributed by atoms with Gasteiger partial charge in [-0.25, -0.2) is 14.4 Å². The zero-order valence-electron chi connectivity index (χ0n) is 28.6. The predicted octanol–water partition coefficient (Wildman–Crippen LogP) is 6.25. The Morgan fingerprint density at radius 2 is 1.41 bits per heavy atom. The molecule has 3 rings (SSSR count). The van der Waals surface area contributed by atoms with Gasteiger partial charge in [0.05, 0.1) is 22.3 Å². The number of ether oxygens (including phenoxy) is 3. The molecule has 1 unspecified atom stereocenters. The third kappa shape index (κ3) is 11.0. The Morgan fingerprint density at radius 1 is 0.837 bits per heavy atom. The predicted molar refractivity (Wildman–Crippen MR) is 184 cm³/mol. The van der Waals surface area contributed by atoms with Crippen molar-refractivity contribution in [1.82, 2.24) is 10.2 Å². The lowest BCUT2D eigenvalue weighted by atomic mass is 9.96. The van der Waals surface area contributed by atoms with Crippen LogP contribution >= 0.6 is 0 Å². The third-order valence-electron chi connectivity index (χ3n) is 7.40. The molecule has 0 aromatic heterocycles. The summed E-state index contributed by atoms with van der Waals surface area (Å²) < 4.78 is 16.4. The maximum absolute atomic E-state index is 13.6. The molecule has 49 heavy (non-hydrogen) atoms. The van der Waals surface area contributed by atoms with Crippen LogP contribution in [0.3, 0.4) is 0 Å². The molecule has 2 amide bonds. The summed E-state index contributed by atoms with van der Waals surface area (Å²) in [5, 5.41) is 15.2. The van der Waals surface area contributed by atoms with E-state index in [9.17, 15) is 29.1 Å². The van der Waals surface area contributed by atoms with Crippen LogP contribution in [0.4, 0.5) is 5.69 Å². The second kappa shape index (κ2) is 17.6. The lowest BCUT2D eigenvalue weighted by molar-refractivity contribution is -0.139. The molecule has 0 heterocycles. The van der Waals surface area contributed by atoms with Crippen molar-refractivity contribution in [3.8, 4) is 11.5 Å². The fraction of sp³-hybridized carbons (Fsp3) is 0.324. The molecule has 0 saturated heterocycles. The highest BCUT2D eigenvalue weighted by atomic mass is 16.5. The summed E-state index contributed by atoms with van der Waals surface area (Å²) in [5.41, 5.74) is 0.381. The van der Waals surface area contributed by atoms with Gasteiger partial charge in [-0.3, -0.25) is 14.5 Å². The number of likely N-dealkylation sites (N-methyl/N-ethyl adjacent to an activating group) is 1. The first kappa shape index (κ1) is 38.0. The minimum absolute atomic E-state index is 0.00453. The molecule has 0 aliphatic heterocycles. The van der Waals surface area contributed by atoms with Gasteiger partial charge < -0.3 is 30.0 Å². The van der Waals surface area contributed by atoms with Gasteiger partial charge in [0, 0.05) is 23.8 Å². The van der Waals surface area contributed by atoms with E-state index >= 15 is 0 Å². The van der Waals surface area contributed by atoms with E-state index in [-0.39, 0.29) is 48.2 Å². The number of carboxylic acid groups (broad SMARTS) is 1. The van der Waals surface area contributed by atoms with Crippen LogP contribution in [0.25, 0.3) is 0 Å². The number of nitrogens with one attached hydrogen (secondary N) is 2. The Labute approximate surface area is 286 Å². The van der Waals surface area contributed by atoms with Gasteiger partial charge in [-0.05, 0) is 94.3 Å². The van der Waals surface area contributed by atoms with Gasteiger partial charge in [0.1, 0.15) is 24.8 Å². The number of nitrogens with zero attached hydrogens (tertiary/aromatic N) is 1. The van der Waals surface area contributed by atoms with E-state index in [0.717, 1.165) is 18.6 Å². The average molecular weight is 674 g/mol. The van der Waals surface area contributed by atoms with E-state index in [0.29, 0.717) is 23.1 Å². The van der Waals surface area contributed by atoms with Crippen LogP contribution in [0.5, 0.6) is 11.5 Å². The van der Waals surface area contributed by atoms with E-state index in [1.807, 2.05) is 24.3 Å². The first-order valence-corrected chi connectivity index (χ1v) is 15.8. The monoisotopic (exact) mass is 673 g/mol. The number of rotatable bonds is 16. The highest BCUT2D eigenvalue weighted by Crippen LogP contribution is 2.27. The molecule has 0 aliphatic carbocycles. The molecule has 12 nitrogen and oxygen atoms in total. The molecule has 12 heteroatoms. The molecule has 260 valence electrons. The summed E-state index contributed by atoms with van der Waals surface area (Å²) in [4.78, 5) is 65.2. The molecule has 3 N–H and O–H groups in total. The van der Waals surface area contributed by atoms with Crippen molar-refractivity contribution in [2.24, 2.45) is 0 Å². The SMILES string of the molecule is C=C(C)C(=O)OCCN(C)COC(=O)c1cc(C(=O)O)c(C(=O)NC(C)C)cc1C(=O)Nc1ccc(Oc2ccc(C(C)CC)cc2)cc1. The molecule has 0 bridgehead atoms. The van der Waals surface area contributed by atoms with Gasteiger partial charge in [0.15, 0.2) is 0 Å². The van der Waals surface area contributed by atoms with E-state index < -0.39 is 35.3 Å². The fourth-order valence-electron chi connectivity index (χ4n) is 4.43. The van der Waals surface area contributed by atoms with Crippen LogP contribution < -0.4 is 15.4 Å². The van der Waals surface area contributed by atoms with E-state index in [1.54, 1.807) is 45.2 Å². The number of amides is 2. The van der Waals surface area contributed by atoms with Crippen LogP contribution in [-0.2, 0) is 14.3 Å². The number of benzene rings is 3. The van der Waals surface area contributed by atoms with Gasteiger partial charge in [-0.2, -0.15) is 0 Å². The van der Waals surface area contributed by atoms with Crippen molar-refractivity contribution in [3.63, 3.8) is 0 Å². The van der Waals surface area contributed by atoms with Gasteiger partial charge >= 0.3 is 17.9 Å². The van der Waals surface area contributed by atoms with E-state index in [4.69, 9.17) is 14.2 Å². The van der Waals surface area contributed by atoms with Crippen molar-refractivity contribution in [2.75, 3.05) is 32.2 Å². The largest absolute Gasteiger partial charge is 0.478 e. The Hall–Kier alpha value is -5.49. The van der Waals surface area contributed by atoms with Crippen molar-refractivity contribution < 1.29 is 43.3 Å². The van der Waals surface area contributed by atoms with Crippen LogP contribution in [0.2, 0.25) is 0 Å². The second-order valence-corrected chi connectivity index (χ2v) is 11.9. The smallest absolute Gasteiger partial charge is 0.340 e. The summed E-state index contributed by atoms with van der Waals surface area (Å²) in [6, 6.07) is 16.0. The van der Waals surface area contributed by atoms with Crippen molar-refractivity contribution in [3.05, 3.63) is 101 Å². The lowest BCUT2D eigenvalue weighted by Gasteiger charge is -2.18. The van der Waals surface area contributed by atoms with Crippen LogP contribution in [0, 0.1) is 0 Å². The summed E-state index contributed by atoms with van der Waals surface area (Å²) in [6.45, 7) is 12.6. The third-order valence-corrected chi connectivity index (χ3v) is 7.40. The molecule has 1 atom stereocenters. The molecular weight excluding hydrogens is 630 g/mol. The molecule has 0 spiro atoms. The number of hydrogen-bond acceptors (Lipinski definition) is 9. The van der Waals surface area contributed by atoms with Crippen LogP contribution in [0.1, 0.15) is 94.0 Å². The molecule has 3 aromatic carbocycles. The second-order valence-electron chi connectivity index (χ2n) is 11.9. The van der Waals surface area contributed by atoms with E-state index in [1.165, 1.54) is 17.4 Å². The van der Waals surface area contributed by atoms with Gasteiger partial charge in [0.2, 0.25) is 0 Å². The normalized spacial score (nSPS) is 11.4. The Balaban J connectivity index is 1.84. The number of esters is 2. The first-order chi connectivity index (χ1) is 23.2. The molecule has 3 aromatic rings. The van der Waals surface area contributed by atoms with Crippen molar-refractivity contribution in [2.45, 2.75) is 53.0 Å². The number of carbonyl (C=O) groups excluding carboxylic acids is 4. The zero-order chi connectivity index (χ0) is 36.2. The summed E-state index contributed by atoms with van der Waals surface area (Å²) >= 11 is 0. The van der Waals surface area contributed by atoms with Gasteiger partial charge in [-0.15, -0.1) is 0 Å². The maximum Gasteiger partial charge on any atom is 0.340 e. The topological polar surface area (TPSA) is 161 Å². The van der Waals surface area contributed by atoms with Crippen molar-refractivity contribution in [1.29, 1.82) is 0 Å². The molecule has 0 radical (unpaired) electrons. The van der Waals surface area contributed by atoms with Gasteiger partial charge in [0.25, 0.3) is 11.8 Å². The number of aromatic carboxylic acids is 1. The first-order valence-electron chi connectivity index (χ1n) is 15.8. The average Bonchev–Trinajstić information content (AvgIpc) is 3.06. The standard InChI is InChI=1S/C37H43N3O9/c1-8-24(6)25-9-13-27(14-10-25)49-28-15-11-26(12-16-28)39-34(42)30-19-29(33(41)38-23(4)5)31(35(43)44)20-32(30)37(46)48-21-40(7)17-18-47-36(45)22(2)3/h9-16,19-20,23-24H,2,8,17-18,21H2,1,3-7H3,(H,38,41)(H,39,42)(H,43,44).